The average molecular weight is 284 g/mol. The van der Waals surface area contributed by atoms with E-state index >= 15 is 0 Å². The molecule has 2 heterocycles. The van der Waals surface area contributed by atoms with Crippen molar-refractivity contribution in [3.63, 3.8) is 0 Å². The molecule has 20 heavy (non-hydrogen) atoms. The van der Waals surface area contributed by atoms with Crippen LogP contribution in [0.1, 0.15) is 20.8 Å². The third-order valence-electron chi connectivity index (χ3n) is 3.87. The van der Waals surface area contributed by atoms with E-state index in [0.717, 1.165) is 12.6 Å². The van der Waals surface area contributed by atoms with Gasteiger partial charge in [-0.2, -0.15) is 0 Å². The Kier molecular flexibility index (Phi) is 4.13. The van der Waals surface area contributed by atoms with Gasteiger partial charge in [0, 0.05) is 37.8 Å². The van der Waals surface area contributed by atoms with Crippen molar-refractivity contribution in [3.05, 3.63) is 17.7 Å². The van der Waals surface area contributed by atoms with Gasteiger partial charge in [0.2, 0.25) is 0 Å². The molecule has 1 aromatic heterocycles. The van der Waals surface area contributed by atoms with Crippen LogP contribution in [0.3, 0.4) is 0 Å². The van der Waals surface area contributed by atoms with Crippen LogP contribution >= 0.6 is 0 Å². The van der Waals surface area contributed by atoms with E-state index in [9.17, 15) is 8.78 Å². The van der Waals surface area contributed by atoms with Gasteiger partial charge in [0.25, 0.3) is 0 Å². The normalized spacial score (nSPS) is 19.2. The summed E-state index contributed by atoms with van der Waals surface area (Å²) in [6, 6.07) is 0.908. The minimum atomic E-state index is -0.651. The maximum atomic E-state index is 14.0. The van der Waals surface area contributed by atoms with Gasteiger partial charge in [0.1, 0.15) is 0 Å². The van der Waals surface area contributed by atoms with Crippen LogP contribution in [0.15, 0.2) is 6.07 Å². The summed E-state index contributed by atoms with van der Waals surface area (Å²) in [5, 5.41) is 2.82. The number of pyridine rings is 1. The number of aromatic nitrogens is 1. The highest BCUT2D eigenvalue weighted by molar-refractivity contribution is 5.50. The Bertz CT molecular complexity index is 490. The van der Waals surface area contributed by atoms with Gasteiger partial charge in [-0.25, -0.2) is 13.8 Å². The Morgan fingerprint density at radius 2 is 2.00 bits per heavy atom. The van der Waals surface area contributed by atoms with Crippen molar-refractivity contribution in [3.8, 4) is 0 Å². The van der Waals surface area contributed by atoms with Gasteiger partial charge in [0.15, 0.2) is 23.3 Å². The summed E-state index contributed by atoms with van der Waals surface area (Å²) in [5.74, 6) is -0.921. The second-order valence-corrected chi connectivity index (χ2v) is 5.81. The smallest absolute Gasteiger partial charge is 0.168 e. The van der Waals surface area contributed by atoms with Gasteiger partial charge in [-0.15, -0.1) is 0 Å². The standard InChI is InChI=1S/C14H22F2N4/c1-5-17-12-10(15)8-11(16)13(18-12)20-7-6-19(4)14(2,3)9-20/h8H,5-7,9H2,1-4H3,(H,17,18). The highest BCUT2D eigenvalue weighted by Crippen LogP contribution is 2.27. The van der Waals surface area contributed by atoms with E-state index in [1.807, 2.05) is 11.8 Å². The van der Waals surface area contributed by atoms with Crippen LogP contribution in [-0.4, -0.2) is 48.6 Å². The van der Waals surface area contributed by atoms with Gasteiger partial charge < -0.3 is 10.2 Å². The molecule has 1 aromatic rings. The third-order valence-corrected chi connectivity index (χ3v) is 3.87. The number of nitrogens with one attached hydrogen (secondary N) is 1. The first-order valence-corrected chi connectivity index (χ1v) is 6.91. The van der Waals surface area contributed by atoms with Crippen LogP contribution in [0.2, 0.25) is 0 Å². The first kappa shape index (κ1) is 15.0. The van der Waals surface area contributed by atoms with Crippen molar-refractivity contribution < 1.29 is 8.78 Å². The minimum absolute atomic E-state index is 0.0703. The van der Waals surface area contributed by atoms with Crippen LogP contribution in [0.25, 0.3) is 0 Å². The number of likely N-dealkylation sites (N-methyl/N-ethyl adjacent to an activating group) is 1. The molecule has 0 bridgehead atoms. The largest absolute Gasteiger partial charge is 0.368 e. The van der Waals surface area contributed by atoms with Crippen LogP contribution < -0.4 is 10.2 Å². The molecular weight excluding hydrogens is 262 g/mol. The zero-order valence-corrected chi connectivity index (χ0v) is 12.5. The number of hydrogen-bond donors (Lipinski definition) is 1. The van der Waals surface area contributed by atoms with Crippen molar-refractivity contribution in [2.75, 3.05) is 43.4 Å². The second kappa shape index (κ2) is 5.52. The molecule has 0 aliphatic carbocycles. The fraction of sp³-hybridized carbons (Fsp3) is 0.643. The summed E-state index contributed by atoms with van der Waals surface area (Å²) in [7, 11) is 2.05. The van der Waals surface area contributed by atoms with E-state index in [-0.39, 0.29) is 17.2 Å². The summed E-state index contributed by atoms with van der Waals surface area (Å²) in [6.45, 7) is 8.76. The molecule has 0 spiro atoms. The summed E-state index contributed by atoms with van der Waals surface area (Å²) in [6.07, 6.45) is 0. The number of rotatable bonds is 3. The van der Waals surface area contributed by atoms with Crippen LogP contribution in [0.5, 0.6) is 0 Å². The quantitative estimate of drug-likeness (QED) is 0.923. The van der Waals surface area contributed by atoms with E-state index in [1.165, 1.54) is 0 Å². The van der Waals surface area contributed by atoms with Gasteiger partial charge in [-0.3, -0.25) is 4.90 Å². The number of hydrogen-bond acceptors (Lipinski definition) is 4. The molecule has 0 aromatic carbocycles. The Hall–Kier alpha value is -1.43. The van der Waals surface area contributed by atoms with Crippen LogP contribution in [-0.2, 0) is 0 Å². The molecule has 6 heteroatoms. The molecule has 1 N–H and O–H groups in total. The topological polar surface area (TPSA) is 31.4 Å². The number of anilines is 2. The fourth-order valence-corrected chi connectivity index (χ4v) is 2.39. The summed E-state index contributed by atoms with van der Waals surface area (Å²) < 4.78 is 27.6. The molecule has 112 valence electrons. The maximum absolute atomic E-state index is 14.0. The molecule has 1 aliphatic rings. The zero-order chi connectivity index (χ0) is 14.9. The highest BCUT2D eigenvalue weighted by atomic mass is 19.1. The fourth-order valence-electron chi connectivity index (χ4n) is 2.39. The number of piperazine rings is 1. The van der Waals surface area contributed by atoms with Crippen molar-refractivity contribution in [2.45, 2.75) is 26.3 Å². The van der Waals surface area contributed by atoms with Crippen LogP contribution in [0, 0.1) is 11.6 Å². The van der Waals surface area contributed by atoms with Crippen LogP contribution in [0.4, 0.5) is 20.4 Å². The Morgan fingerprint density at radius 1 is 1.30 bits per heavy atom. The van der Waals surface area contributed by atoms with Crippen molar-refractivity contribution in [2.24, 2.45) is 0 Å². The molecule has 1 saturated heterocycles. The van der Waals surface area contributed by atoms with Gasteiger partial charge in [0.05, 0.1) is 0 Å². The third kappa shape index (κ3) is 2.85. The average Bonchev–Trinajstić information content (AvgIpc) is 2.36. The molecule has 2 rings (SSSR count). The van der Waals surface area contributed by atoms with E-state index in [0.29, 0.717) is 19.6 Å². The summed E-state index contributed by atoms with van der Waals surface area (Å²) >= 11 is 0. The van der Waals surface area contributed by atoms with Crippen molar-refractivity contribution >= 4 is 11.6 Å². The van der Waals surface area contributed by atoms with Crippen molar-refractivity contribution in [1.29, 1.82) is 0 Å². The lowest BCUT2D eigenvalue weighted by Gasteiger charge is -2.45. The Balaban J connectivity index is 2.30. The molecule has 1 aliphatic heterocycles. The lowest BCUT2D eigenvalue weighted by Crippen LogP contribution is -2.58. The monoisotopic (exact) mass is 284 g/mol. The maximum Gasteiger partial charge on any atom is 0.168 e. The predicted octanol–water partition coefficient (Wildman–Crippen LogP) is 2.32. The SMILES string of the molecule is CCNc1nc(N2CCN(C)C(C)(C)C2)c(F)cc1F. The predicted molar refractivity (Wildman–Crippen MR) is 77.2 cm³/mol. The molecule has 1 fully saturated rings. The molecule has 0 atom stereocenters. The first-order valence-electron chi connectivity index (χ1n) is 6.91. The molecule has 0 radical (unpaired) electrons. The van der Waals surface area contributed by atoms with E-state index in [2.05, 4.69) is 36.1 Å². The molecule has 0 amide bonds. The van der Waals surface area contributed by atoms with Gasteiger partial charge >= 0.3 is 0 Å². The summed E-state index contributed by atoms with van der Waals surface area (Å²) in [5.41, 5.74) is -0.0703. The number of halogens is 2. The van der Waals surface area contributed by atoms with E-state index < -0.39 is 11.6 Å². The van der Waals surface area contributed by atoms with Gasteiger partial charge in [-0.05, 0) is 27.8 Å². The van der Waals surface area contributed by atoms with Gasteiger partial charge in [-0.1, -0.05) is 0 Å². The Labute approximate surface area is 118 Å². The number of nitrogens with zero attached hydrogens (tertiary/aromatic N) is 3. The van der Waals surface area contributed by atoms with E-state index in [1.54, 1.807) is 0 Å². The molecular formula is C14H22F2N4. The molecule has 0 unspecified atom stereocenters. The zero-order valence-electron chi connectivity index (χ0n) is 12.5. The highest BCUT2D eigenvalue weighted by Gasteiger charge is 2.33. The second-order valence-electron chi connectivity index (χ2n) is 5.81. The lowest BCUT2D eigenvalue weighted by atomic mass is 10.00. The minimum Gasteiger partial charge on any atom is -0.368 e. The molecule has 0 saturated carbocycles. The Morgan fingerprint density at radius 3 is 2.60 bits per heavy atom. The van der Waals surface area contributed by atoms with Crippen molar-refractivity contribution in [1.82, 2.24) is 9.88 Å². The first-order chi connectivity index (χ1) is 9.35. The molecule has 4 nitrogen and oxygen atoms in total. The summed E-state index contributed by atoms with van der Waals surface area (Å²) in [4.78, 5) is 8.24. The van der Waals surface area contributed by atoms with E-state index in [4.69, 9.17) is 0 Å². The lowest BCUT2D eigenvalue weighted by molar-refractivity contribution is 0.138.